The number of nitrogens with one attached hydrogen (secondary N) is 2. The van der Waals surface area contributed by atoms with Crippen LogP contribution in [0.1, 0.15) is 32.5 Å². The molecule has 1 saturated heterocycles. The van der Waals surface area contributed by atoms with E-state index in [0.29, 0.717) is 25.9 Å². The van der Waals surface area contributed by atoms with Crippen molar-refractivity contribution in [2.45, 2.75) is 39.2 Å². The Hall–Kier alpha value is -2.57. The van der Waals surface area contributed by atoms with Crippen molar-refractivity contribution in [2.75, 3.05) is 13.1 Å². The molecule has 1 aromatic carbocycles. The minimum atomic E-state index is -0.787. The van der Waals surface area contributed by atoms with Gasteiger partial charge in [-0.1, -0.05) is 12.1 Å². The lowest BCUT2D eigenvalue weighted by atomic mass is 9.81. The maximum absolute atomic E-state index is 12.4. The van der Waals surface area contributed by atoms with Gasteiger partial charge in [0.05, 0.1) is 11.0 Å². The summed E-state index contributed by atoms with van der Waals surface area (Å²) in [7, 11) is 0. The number of rotatable bonds is 5. The number of nitrogens with zero attached hydrogens (tertiary/aromatic N) is 2. The quantitative estimate of drug-likeness (QED) is 0.765. The molecule has 2 aromatic rings. The number of benzene rings is 1. The van der Waals surface area contributed by atoms with Gasteiger partial charge in [0.15, 0.2) is 0 Å². The molecule has 0 aliphatic carbocycles. The zero-order valence-electron chi connectivity index (χ0n) is 15.2. The number of carbonyl (C=O) groups excluding carboxylic acids is 1. The highest BCUT2D eigenvalue weighted by Crippen LogP contribution is 2.29. The minimum absolute atomic E-state index is 0.0452. The van der Waals surface area contributed by atoms with Crippen LogP contribution in [-0.2, 0) is 11.2 Å². The van der Waals surface area contributed by atoms with Crippen LogP contribution >= 0.6 is 0 Å². The van der Waals surface area contributed by atoms with E-state index < -0.39 is 5.97 Å². The molecular formula is C19H26N4O3. The van der Waals surface area contributed by atoms with E-state index in [1.807, 2.05) is 38.1 Å². The molecule has 1 aliphatic rings. The first kappa shape index (κ1) is 18.2. The summed E-state index contributed by atoms with van der Waals surface area (Å²) in [6.07, 6.45) is 1.46. The number of aromatic nitrogens is 2. The number of piperidine rings is 1. The minimum Gasteiger partial charge on any atom is -0.481 e. The van der Waals surface area contributed by atoms with Gasteiger partial charge < -0.3 is 20.3 Å². The van der Waals surface area contributed by atoms with Crippen molar-refractivity contribution in [3.63, 3.8) is 0 Å². The van der Waals surface area contributed by atoms with Gasteiger partial charge in [0.25, 0.3) is 0 Å². The van der Waals surface area contributed by atoms with Crippen molar-refractivity contribution in [3.05, 3.63) is 30.1 Å². The van der Waals surface area contributed by atoms with E-state index in [-0.39, 0.29) is 30.3 Å². The molecule has 0 unspecified atom stereocenters. The van der Waals surface area contributed by atoms with Gasteiger partial charge in [-0.3, -0.25) is 4.79 Å². The second-order valence-corrected chi connectivity index (χ2v) is 7.36. The van der Waals surface area contributed by atoms with Gasteiger partial charge in [-0.25, -0.2) is 9.78 Å². The van der Waals surface area contributed by atoms with Crippen molar-refractivity contribution in [1.29, 1.82) is 0 Å². The number of hydrogen-bond donors (Lipinski definition) is 3. The molecule has 2 heterocycles. The standard InChI is InChI=1S/C19H26N4O3/c1-12(2)20-19(26)23-8-7-13(10-18(24)25)14(11-23)9-17-21-15-5-3-4-6-16(15)22-17/h3-6,12-14H,7-11H2,1-2H3,(H,20,26)(H,21,22)(H,24,25)/t13-,14-/m0/s1. The van der Waals surface area contributed by atoms with Gasteiger partial charge in [-0.05, 0) is 44.2 Å². The molecule has 2 atom stereocenters. The summed E-state index contributed by atoms with van der Waals surface area (Å²) in [6, 6.07) is 7.82. The highest BCUT2D eigenvalue weighted by molar-refractivity contribution is 5.75. The molecule has 7 nitrogen and oxygen atoms in total. The number of para-hydroxylation sites is 2. The van der Waals surface area contributed by atoms with Crippen LogP contribution in [0, 0.1) is 11.8 Å². The van der Waals surface area contributed by atoms with Gasteiger partial charge in [-0.2, -0.15) is 0 Å². The molecule has 7 heteroatoms. The van der Waals surface area contributed by atoms with Crippen molar-refractivity contribution in [2.24, 2.45) is 11.8 Å². The van der Waals surface area contributed by atoms with Gasteiger partial charge in [-0.15, -0.1) is 0 Å². The molecule has 0 bridgehead atoms. The molecule has 3 N–H and O–H groups in total. The van der Waals surface area contributed by atoms with Gasteiger partial charge in [0, 0.05) is 32.0 Å². The van der Waals surface area contributed by atoms with E-state index in [2.05, 4.69) is 15.3 Å². The summed E-state index contributed by atoms with van der Waals surface area (Å²) < 4.78 is 0. The Kier molecular flexibility index (Phi) is 5.44. The molecule has 0 saturated carbocycles. The summed E-state index contributed by atoms with van der Waals surface area (Å²) >= 11 is 0. The van der Waals surface area contributed by atoms with Crippen LogP contribution in [0.5, 0.6) is 0 Å². The predicted molar refractivity (Wildman–Crippen MR) is 98.9 cm³/mol. The zero-order valence-corrected chi connectivity index (χ0v) is 15.2. The fraction of sp³-hybridized carbons (Fsp3) is 0.526. The maximum Gasteiger partial charge on any atom is 0.317 e. The smallest absolute Gasteiger partial charge is 0.317 e. The van der Waals surface area contributed by atoms with Gasteiger partial charge in [0.2, 0.25) is 0 Å². The zero-order chi connectivity index (χ0) is 18.7. The molecule has 1 aliphatic heterocycles. The number of aromatic amines is 1. The first-order valence-electron chi connectivity index (χ1n) is 9.13. The maximum atomic E-state index is 12.4. The first-order chi connectivity index (χ1) is 12.4. The summed E-state index contributed by atoms with van der Waals surface area (Å²) in [5.41, 5.74) is 1.88. The van der Waals surface area contributed by atoms with Crippen LogP contribution in [0.4, 0.5) is 4.79 Å². The number of carboxylic acid groups (broad SMARTS) is 1. The third-order valence-corrected chi connectivity index (χ3v) is 4.92. The lowest BCUT2D eigenvalue weighted by molar-refractivity contribution is -0.139. The fourth-order valence-corrected chi connectivity index (χ4v) is 3.68. The van der Waals surface area contributed by atoms with Gasteiger partial charge >= 0.3 is 12.0 Å². The lowest BCUT2D eigenvalue weighted by Gasteiger charge is -2.38. The highest BCUT2D eigenvalue weighted by atomic mass is 16.4. The summed E-state index contributed by atoms with van der Waals surface area (Å²) in [5, 5.41) is 12.2. The largest absolute Gasteiger partial charge is 0.481 e. The number of urea groups is 1. The number of imidazole rings is 1. The van der Waals surface area contributed by atoms with Crippen LogP contribution in [0.15, 0.2) is 24.3 Å². The van der Waals surface area contributed by atoms with E-state index in [4.69, 9.17) is 0 Å². The van der Waals surface area contributed by atoms with Crippen LogP contribution in [0.25, 0.3) is 11.0 Å². The average Bonchev–Trinajstić information content (AvgIpc) is 2.97. The number of aliphatic carboxylic acids is 1. The third kappa shape index (κ3) is 4.33. The number of amides is 2. The number of H-pyrrole nitrogens is 1. The molecule has 0 radical (unpaired) electrons. The Morgan fingerprint density at radius 3 is 2.81 bits per heavy atom. The number of carbonyl (C=O) groups is 2. The number of fused-ring (bicyclic) bond motifs is 1. The van der Waals surface area contributed by atoms with Crippen molar-refractivity contribution in [3.8, 4) is 0 Å². The second kappa shape index (κ2) is 7.76. The highest BCUT2D eigenvalue weighted by Gasteiger charge is 2.33. The lowest BCUT2D eigenvalue weighted by Crippen LogP contribution is -2.50. The third-order valence-electron chi connectivity index (χ3n) is 4.92. The van der Waals surface area contributed by atoms with Crippen molar-refractivity contribution < 1.29 is 14.7 Å². The Morgan fingerprint density at radius 2 is 2.12 bits per heavy atom. The number of hydrogen-bond acceptors (Lipinski definition) is 3. The monoisotopic (exact) mass is 358 g/mol. The molecule has 2 amide bonds. The van der Waals surface area contributed by atoms with E-state index in [9.17, 15) is 14.7 Å². The van der Waals surface area contributed by atoms with Crippen LogP contribution in [0.3, 0.4) is 0 Å². The second-order valence-electron chi connectivity index (χ2n) is 7.36. The average molecular weight is 358 g/mol. The summed E-state index contributed by atoms with van der Waals surface area (Å²) in [6.45, 7) is 5.00. The summed E-state index contributed by atoms with van der Waals surface area (Å²) in [4.78, 5) is 33.3. The van der Waals surface area contributed by atoms with Crippen LogP contribution < -0.4 is 5.32 Å². The van der Waals surface area contributed by atoms with E-state index in [0.717, 1.165) is 16.9 Å². The molecular weight excluding hydrogens is 332 g/mol. The molecule has 1 aromatic heterocycles. The molecule has 26 heavy (non-hydrogen) atoms. The molecule has 3 rings (SSSR count). The number of carboxylic acids is 1. The Balaban J connectivity index is 1.75. The van der Waals surface area contributed by atoms with Crippen molar-refractivity contribution in [1.82, 2.24) is 20.2 Å². The van der Waals surface area contributed by atoms with Crippen LogP contribution in [0.2, 0.25) is 0 Å². The normalized spacial score (nSPS) is 20.5. The van der Waals surface area contributed by atoms with E-state index >= 15 is 0 Å². The Morgan fingerprint density at radius 1 is 1.35 bits per heavy atom. The fourth-order valence-electron chi connectivity index (χ4n) is 3.68. The van der Waals surface area contributed by atoms with Crippen molar-refractivity contribution >= 4 is 23.0 Å². The summed E-state index contributed by atoms with van der Waals surface area (Å²) in [5.74, 6) is 0.171. The topological polar surface area (TPSA) is 98.3 Å². The molecule has 0 spiro atoms. The van der Waals surface area contributed by atoms with E-state index in [1.165, 1.54) is 0 Å². The Labute approximate surface area is 152 Å². The van der Waals surface area contributed by atoms with Crippen LogP contribution in [-0.4, -0.2) is 51.1 Å². The van der Waals surface area contributed by atoms with Gasteiger partial charge in [0.1, 0.15) is 5.82 Å². The number of likely N-dealkylation sites (tertiary alicyclic amines) is 1. The molecule has 1 fully saturated rings. The SMILES string of the molecule is CC(C)NC(=O)N1CC[C@@H](CC(=O)O)[C@@H](Cc2nc3ccccc3[nH]2)C1. The first-order valence-corrected chi connectivity index (χ1v) is 9.13. The predicted octanol–water partition coefficient (Wildman–Crippen LogP) is 2.64. The molecule has 140 valence electrons. The Bertz CT molecular complexity index is 753. The van der Waals surface area contributed by atoms with E-state index in [1.54, 1.807) is 4.90 Å².